The van der Waals surface area contributed by atoms with E-state index >= 15 is 0 Å². The molecular weight excluding hydrogens is 166 g/mol. The van der Waals surface area contributed by atoms with E-state index in [1.54, 1.807) is 10.9 Å². The molecule has 0 amide bonds. The smallest absolute Gasteiger partial charge is 0.157 e. The fraction of sp³-hybridized carbons (Fsp3) is 0.667. The predicted octanol–water partition coefficient (Wildman–Crippen LogP) is 0.798. The van der Waals surface area contributed by atoms with Crippen LogP contribution < -0.4 is 10.1 Å². The van der Waals surface area contributed by atoms with Crippen LogP contribution in [-0.4, -0.2) is 30.0 Å². The van der Waals surface area contributed by atoms with Gasteiger partial charge in [-0.25, -0.2) is 0 Å². The molecule has 1 aromatic heterocycles. The van der Waals surface area contributed by atoms with E-state index in [4.69, 9.17) is 4.74 Å². The fourth-order valence-corrected chi connectivity index (χ4v) is 1.07. The molecule has 0 fully saturated rings. The van der Waals surface area contributed by atoms with Crippen LogP contribution in [0.1, 0.15) is 12.8 Å². The van der Waals surface area contributed by atoms with Crippen LogP contribution in [0.25, 0.3) is 0 Å². The van der Waals surface area contributed by atoms with Crippen LogP contribution in [0.4, 0.5) is 0 Å². The first-order valence-electron chi connectivity index (χ1n) is 4.59. The summed E-state index contributed by atoms with van der Waals surface area (Å²) in [5, 5.41) is 7.11. The minimum atomic E-state index is 0.771. The third-order valence-electron chi connectivity index (χ3n) is 1.77. The molecule has 0 aliphatic carbocycles. The number of hydrogen-bond donors (Lipinski definition) is 1. The van der Waals surface area contributed by atoms with Crippen molar-refractivity contribution >= 4 is 0 Å². The zero-order valence-electron chi connectivity index (χ0n) is 8.29. The van der Waals surface area contributed by atoms with E-state index < -0.39 is 0 Å². The minimum Gasteiger partial charge on any atom is -0.490 e. The van der Waals surface area contributed by atoms with Gasteiger partial charge in [-0.15, -0.1) is 0 Å². The number of unbranched alkanes of at least 4 members (excludes halogenated alkanes) is 1. The van der Waals surface area contributed by atoms with Crippen molar-refractivity contribution in [3.8, 4) is 5.75 Å². The Kier molecular flexibility index (Phi) is 4.32. The van der Waals surface area contributed by atoms with Crippen molar-refractivity contribution in [2.75, 3.05) is 20.2 Å². The molecule has 1 heterocycles. The van der Waals surface area contributed by atoms with Crippen LogP contribution >= 0.6 is 0 Å². The number of nitrogens with one attached hydrogen (secondary N) is 1. The highest BCUT2D eigenvalue weighted by Gasteiger charge is 1.95. The van der Waals surface area contributed by atoms with Gasteiger partial charge < -0.3 is 10.1 Å². The minimum absolute atomic E-state index is 0.771. The summed E-state index contributed by atoms with van der Waals surface area (Å²) in [4.78, 5) is 0. The summed E-state index contributed by atoms with van der Waals surface area (Å²) in [5.41, 5.74) is 0. The van der Waals surface area contributed by atoms with Crippen LogP contribution in [0.5, 0.6) is 5.75 Å². The molecule has 1 rings (SSSR count). The van der Waals surface area contributed by atoms with Crippen molar-refractivity contribution in [3.63, 3.8) is 0 Å². The third-order valence-corrected chi connectivity index (χ3v) is 1.77. The second-order valence-corrected chi connectivity index (χ2v) is 3.01. The van der Waals surface area contributed by atoms with E-state index in [2.05, 4.69) is 10.4 Å². The van der Waals surface area contributed by atoms with Crippen LogP contribution in [0, 0.1) is 0 Å². The molecule has 0 aromatic carbocycles. The summed E-state index contributed by atoms with van der Waals surface area (Å²) in [6.45, 7) is 1.82. The van der Waals surface area contributed by atoms with Gasteiger partial charge in [0.2, 0.25) is 0 Å². The molecule has 74 valence electrons. The van der Waals surface area contributed by atoms with Crippen LogP contribution in [-0.2, 0) is 7.05 Å². The topological polar surface area (TPSA) is 39.1 Å². The normalized spacial score (nSPS) is 10.3. The van der Waals surface area contributed by atoms with E-state index in [1.165, 1.54) is 0 Å². The SMILES string of the molecule is CNCCCCOc1cnn(C)c1. The van der Waals surface area contributed by atoms with Crippen LogP contribution in [0.2, 0.25) is 0 Å². The van der Waals surface area contributed by atoms with Gasteiger partial charge >= 0.3 is 0 Å². The van der Waals surface area contributed by atoms with Crippen molar-refractivity contribution in [2.24, 2.45) is 7.05 Å². The van der Waals surface area contributed by atoms with Crippen molar-refractivity contribution in [3.05, 3.63) is 12.4 Å². The molecule has 4 nitrogen and oxygen atoms in total. The number of aryl methyl sites for hydroxylation is 1. The average molecular weight is 183 g/mol. The van der Waals surface area contributed by atoms with Crippen molar-refractivity contribution < 1.29 is 4.74 Å². The second kappa shape index (κ2) is 5.59. The summed E-state index contributed by atoms with van der Waals surface area (Å²) >= 11 is 0. The van der Waals surface area contributed by atoms with E-state index in [0.717, 1.165) is 31.7 Å². The molecular formula is C9H17N3O. The number of rotatable bonds is 6. The maximum absolute atomic E-state index is 5.46. The molecule has 0 saturated carbocycles. The van der Waals surface area contributed by atoms with Crippen molar-refractivity contribution in [1.82, 2.24) is 15.1 Å². The molecule has 0 aliphatic rings. The average Bonchev–Trinajstić information content (AvgIpc) is 2.51. The van der Waals surface area contributed by atoms with Crippen molar-refractivity contribution in [2.45, 2.75) is 12.8 Å². The number of aromatic nitrogens is 2. The highest BCUT2D eigenvalue weighted by Crippen LogP contribution is 2.07. The lowest BCUT2D eigenvalue weighted by Gasteiger charge is -2.02. The fourth-order valence-electron chi connectivity index (χ4n) is 1.07. The van der Waals surface area contributed by atoms with Gasteiger partial charge in [-0.3, -0.25) is 4.68 Å². The first-order chi connectivity index (χ1) is 6.33. The van der Waals surface area contributed by atoms with E-state index in [1.807, 2.05) is 20.3 Å². The van der Waals surface area contributed by atoms with Gasteiger partial charge in [-0.1, -0.05) is 0 Å². The molecule has 1 aromatic rings. The summed E-state index contributed by atoms with van der Waals surface area (Å²) < 4.78 is 7.20. The number of nitrogens with zero attached hydrogens (tertiary/aromatic N) is 2. The van der Waals surface area contributed by atoms with Gasteiger partial charge in [0.1, 0.15) is 0 Å². The molecule has 0 atom stereocenters. The van der Waals surface area contributed by atoms with E-state index in [9.17, 15) is 0 Å². The van der Waals surface area contributed by atoms with Gasteiger partial charge in [0.25, 0.3) is 0 Å². The lowest BCUT2D eigenvalue weighted by atomic mass is 10.3. The first-order valence-corrected chi connectivity index (χ1v) is 4.59. The molecule has 1 N–H and O–H groups in total. The predicted molar refractivity (Wildman–Crippen MR) is 51.9 cm³/mol. The first kappa shape index (κ1) is 10.1. The van der Waals surface area contributed by atoms with E-state index in [-0.39, 0.29) is 0 Å². The van der Waals surface area contributed by atoms with Crippen LogP contribution in [0.15, 0.2) is 12.4 Å². The van der Waals surface area contributed by atoms with Crippen LogP contribution in [0.3, 0.4) is 0 Å². The Bertz CT molecular complexity index is 235. The summed E-state index contributed by atoms with van der Waals surface area (Å²) in [6.07, 6.45) is 5.84. The summed E-state index contributed by atoms with van der Waals surface area (Å²) in [6, 6.07) is 0. The van der Waals surface area contributed by atoms with E-state index in [0.29, 0.717) is 0 Å². The molecule has 4 heteroatoms. The largest absolute Gasteiger partial charge is 0.490 e. The van der Waals surface area contributed by atoms with Gasteiger partial charge in [0.05, 0.1) is 19.0 Å². The molecule has 0 radical (unpaired) electrons. The lowest BCUT2D eigenvalue weighted by molar-refractivity contribution is 0.306. The molecule has 0 bridgehead atoms. The molecule has 13 heavy (non-hydrogen) atoms. The number of ether oxygens (including phenoxy) is 1. The molecule has 0 unspecified atom stereocenters. The highest BCUT2D eigenvalue weighted by atomic mass is 16.5. The maximum Gasteiger partial charge on any atom is 0.157 e. The quantitative estimate of drug-likeness (QED) is 0.663. The van der Waals surface area contributed by atoms with Gasteiger partial charge in [-0.05, 0) is 26.4 Å². The Labute approximate surface area is 78.9 Å². The van der Waals surface area contributed by atoms with Crippen molar-refractivity contribution in [1.29, 1.82) is 0 Å². The second-order valence-electron chi connectivity index (χ2n) is 3.01. The Morgan fingerprint density at radius 3 is 3.00 bits per heavy atom. The number of hydrogen-bond acceptors (Lipinski definition) is 3. The Balaban J connectivity index is 2.06. The van der Waals surface area contributed by atoms with Gasteiger partial charge in [-0.2, -0.15) is 5.10 Å². The Morgan fingerprint density at radius 1 is 1.54 bits per heavy atom. The third kappa shape index (κ3) is 3.94. The highest BCUT2D eigenvalue weighted by molar-refractivity contribution is 5.10. The molecule has 0 aliphatic heterocycles. The standard InChI is InChI=1S/C9H17N3O/c1-10-5-3-4-6-13-9-7-11-12(2)8-9/h7-8,10H,3-6H2,1-2H3. The molecule has 0 saturated heterocycles. The summed E-state index contributed by atoms with van der Waals surface area (Å²) in [7, 11) is 3.84. The Hall–Kier alpha value is -1.03. The summed E-state index contributed by atoms with van der Waals surface area (Å²) in [5.74, 6) is 0.854. The molecule has 0 spiro atoms. The van der Waals surface area contributed by atoms with Gasteiger partial charge in [0, 0.05) is 7.05 Å². The van der Waals surface area contributed by atoms with Gasteiger partial charge in [0.15, 0.2) is 5.75 Å². The monoisotopic (exact) mass is 183 g/mol. The lowest BCUT2D eigenvalue weighted by Crippen LogP contribution is -2.09. The Morgan fingerprint density at radius 2 is 2.38 bits per heavy atom. The zero-order chi connectivity index (χ0) is 9.52. The zero-order valence-corrected chi connectivity index (χ0v) is 8.29. The maximum atomic E-state index is 5.46.